The summed E-state index contributed by atoms with van der Waals surface area (Å²) in [5.74, 6) is -1.28. The topological polar surface area (TPSA) is 61.8 Å². The van der Waals surface area contributed by atoms with Crippen LogP contribution in [0.3, 0.4) is 0 Å². The van der Waals surface area contributed by atoms with Crippen LogP contribution in [0.1, 0.15) is 13.8 Å². The minimum absolute atomic E-state index is 0.213. The first-order valence-corrected chi connectivity index (χ1v) is 5.45. The van der Waals surface area contributed by atoms with Crippen molar-refractivity contribution in [2.75, 3.05) is 0 Å². The summed E-state index contributed by atoms with van der Waals surface area (Å²) in [7, 11) is 0. The van der Waals surface area contributed by atoms with Crippen molar-refractivity contribution < 1.29 is 23.8 Å². The Hall–Kier alpha value is -2.14. The van der Waals surface area contributed by atoms with Crippen LogP contribution in [0.15, 0.2) is 49.6 Å². The van der Waals surface area contributed by atoms with Crippen LogP contribution in [0.4, 0.5) is 0 Å². The number of ether oxygens (including phenoxy) is 3. The molecule has 5 nitrogen and oxygen atoms in total. The summed E-state index contributed by atoms with van der Waals surface area (Å²) in [6, 6.07) is 0. The Morgan fingerprint density at radius 3 is 1.42 bits per heavy atom. The zero-order valence-electron chi connectivity index (χ0n) is 11.2. The van der Waals surface area contributed by atoms with Gasteiger partial charge in [-0.15, -0.1) is 0 Å². The lowest BCUT2D eigenvalue weighted by Gasteiger charge is -2.20. The molecule has 0 saturated carbocycles. The highest BCUT2D eigenvalue weighted by Gasteiger charge is 2.19. The van der Waals surface area contributed by atoms with E-state index in [0.717, 1.165) is 0 Å². The Balaban J connectivity index is 4.56. The molecule has 0 aliphatic heterocycles. The molecule has 0 radical (unpaired) electrons. The molecule has 0 aromatic rings. The van der Waals surface area contributed by atoms with Gasteiger partial charge in [-0.05, 0) is 26.0 Å². The highest BCUT2D eigenvalue weighted by molar-refractivity contribution is 5.87. The molecular weight excluding hydrogens is 248 g/mol. The van der Waals surface area contributed by atoms with Gasteiger partial charge >= 0.3 is 11.9 Å². The Labute approximate surface area is 112 Å². The molecule has 0 rings (SSSR count). The van der Waals surface area contributed by atoms with Crippen LogP contribution >= 0.6 is 0 Å². The largest absolute Gasteiger partial charge is 0.428 e. The van der Waals surface area contributed by atoms with Crippen molar-refractivity contribution in [2.45, 2.75) is 26.4 Å². The van der Waals surface area contributed by atoms with Gasteiger partial charge in [-0.3, -0.25) is 4.74 Å². The van der Waals surface area contributed by atoms with Crippen LogP contribution in [0.25, 0.3) is 0 Å². The summed E-state index contributed by atoms with van der Waals surface area (Å²) < 4.78 is 15.0. The Morgan fingerprint density at radius 2 is 1.21 bits per heavy atom. The van der Waals surface area contributed by atoms with Gasteiger partial charge in [-0.2, -0.15) is 0 Å². The van der Waals surface area contributed by atoms with Crippen molar-refractivity contribution in [2.24, 2.45) is 0 Å². The van der Waals surface area contributed by atoms with Crippen molar-refractivity contribution in [1.82, 2.24) is 0 Å². The molecule has 0 aromatic heterocycles. The number of carbonyl (C=O) groups excluding carboxylic acids is 2. The fourth-order valence-corrected chi connectivity index (χ4v) is 0.807. The number of hydrogen-bond acceptors (Lipinski definition) is 5. The fraction of sp³-hybridized carbons (Fsp3) is 0.286. The van der Waals surface area contributed by atoms with Gasteiger partial charge in [0.1, 0.15) is 0 Å². The summed E-state index contributed by atoms with van der Waals surface area (Å²) in [6.07, 6.45) is 0.327. The van der Waals surface area contributed by atoms with Gasteiger partial charge in [0.15, 0.2) is 0 Å². The number of carbonyl (C=O) groups is 2. The minimum Gasteiger partial charge on any atom is -0.428 e. The van der Waals surface area contributed by atoms with E-state index in [1.54, 1.807) is 0 Å². The Kier molecular flexibility index (Phi) is 7.14. The first kappa shape index (κ1) is 16.9. The summed E-state index contributed by atoms with van der Waals surface area (Å²) in [4.78, 5) is 22.6. The van der Waals surface area contributed by atoms with E-state index in [2.05, 4.69) is 26.3 Å². The number of rotatable bonds is 8. The summed E-state index contributed by atoms with van der Waals surface area (Å²) >= 11 is 0. The molecule has 104 valence electrons. The van der Waals surface area contributed by atoms with E-state index < -0.39 is 24.5 Å². The van der Waals surface area contributed by atoms with Crippen LogP contribution in [-0.2, 0) is 23.8 Å². The monoisotopic (exact) mass is 266 g/mol. The van der Waals surface area contributed by atoms with Crippen molar-refractivity contribution in [3.05, 3.63) is 49.6 Å². The van der Waals surface area contributed by atoms with Crippen molar-refractivity contribution in [3.63, 3.8) is 0 Å². The maximum Gasteiger partial charge on any atom is 0.335 e. The smallest absolute Gasteiger partial charge is 0.335 e. The van der Waals surface area contributed by atoms with E-state index in [1.807, 2.05) is 0 Å². The van der Waals surface area contributed by atoms with E-state index in [1.165, 1.54) is 26.0 Å². The van der Waals surface area contributed by atoms with Crippen LogP contribution in [0.2, 0.25) is 0 Å². The lowest BCUT2D eigenvalue weighted by molar-refractivity contribution is -0.207. The van der Waals surface area contributed by atoms with Crippen molar-refractivity contribution in [1.29, 1.82) is 0 Å². The molecule has 0 N–H and O–H groups in total. The molecule has 0 bridgehead atoms. The third-order valence-corrected chi connectivity index (χ3v) is 1.80. The molecule has 2 unspecified atom stereocenters. The van der Waals surface area contributed by atoms with E-state index in [4.69, 9.17) is 14.2 Å². The molecule has 0 aliphatic rings. The van der Waals surface area contributed by atoms with Gasteiger partial charge in [0, 0.05) is 11.1 Å². The molecule has 0 heterocycles. The summed E-state index contributed by atoms with van der Waals surface area (Å²) in [5, 5.41) is 0. The molecule has 0 saturated heterocycles. The molecule has 0 amide bonds. The normalized spacial score (nSPS) is 12.7. The van der Waals surface area contributed by atoms with Crippen LogP contribution in [0, 0.1) is 0 Å². The zero-order chi connectivity index (χ0) is 15.0. The molecule has 2 atom stereocenters. The summed E-state index contributed by atoms with van der Waals surface area (Å²) in [5.41, 5.74) is 0.425. The Morgan fingerprint density at radius 1 is 0.895 bits per heavy atom. The van der Waals surface area contributed by atoms with Gasteiger partial charge in [0.2, 0.25) is 12.6 Å². The molecule has 0 spiro atoms. The number of hydrogen-bond donors (Lipinski definition) is 0. The average Bonchev–Trinajstić information content (AvgIpc) is 2.35. The second-order valence-corrected chi connectivity index (χ2v) is 3.72. The van der Waals surface area contributed by atoms with Gasteiger partial charge in [-0.1, -0.05) is 26.3 Å². The standard InChI is InChI=1S/C14H18O5/c1-7-11(18-13(15)9(3)4)17-12(8-2)19-14(16)10(5)6/h7-8,11-12H,1-3,5H2,4,6H3. The lowest BCUT2D eigenvalue weighted by Crippen LogP contribution is -2.28. The molecule has 19 heavy (non-hydrogen) atoms. The fourth-order valence-electron chi connectivity index (χ4n) is 0.807. The lowest BCUT2D eigenvalue weighted by atomic mass is 10.4. The van der Waals surface area contributed by atoms with E-state index in [0.29, 0.717) is 0 Å². The van der Waals surface area contributed by atoms with E-state index in [-0.39, 0.29) is 11.1 Å². The maximum absolute atomic E-state index is 11.3. The first-order chi connectivity index (χ1) is 8.81. The van der Waals surface area contributed by atoms with Gasteiger partial charge in [0.25, 0.3) is 0 Å². The van der Waals surface area contributed by atoms with E-state index >= 15 is 0 Å². The van der Waals surface area contributed by atoms with Crippen molar-refractivity contribution in [3.8, 4) is 0 Å². The predicted molar refractivity (Wildman–Crippen MR) is 70.9 cm³/mol. The molecule has 0 aliphatic carbocycles. The van der Waals surface area contributed by atoms with E-state index in [9.17, 15) is 9.59 Å². The maximum atomic E-state index is 11.3. The minimum atomic E-state index is -1.08. The third-order valence-electron chi connectivity index (χ3n) is 1.80. The van der Waals surface area contributed by atoms with Gasteiger partial charge in [-0.25, -0.2) is 9.59 Å². The second-order valence-electron chi connectivity index (χ2n) is 3.72. The van der Waals surface area contributed by atoms with Gasteiger partial charge in [0.05, 0.1) is 0 Å². The third kappa shape index (κ3) is 6.38. The second kappa shape index (κ2) is 8.05. The number of esters is 2. The highest BCUT2D eigenvalue weighted by Crippen LogP contribution is 2.09. The van der Waals surface area contributed by atoms with Crippen LogP contribution in [-0.4, -0.2) is 24.5 Å². The molecule has 0 fully saturated rings. The van der Waals surface area contributed by atoms with Crippen LogP contribution in [0.5, 0.6) is 0 Å². The zero-order valence-corrected chi connectivity index (χ0v) is 11.2. The predicted octanol–water partition coefficient (Wildman–Crippen LogP) is 2.27. The first-order valence-electron chi connectivity index (χ1n) is 5.45. The average molecular weight is 266 g/mol. The van der Waals surface area contributed by atoms with Gasteiger partial charge < -0.3 is 9.47 Å². The molecule has 0 aromatic carbocycles. The van der Waals surface area contributed by atoms with Crippen molar-refractivity contribution >= 4 is 11.9 Å². The Bertz CT molecular complexity index is 370. The summed E-state index contributed by atoms with van der Waals surface area (Å²) in [6.45, 7) is 16.8. The highest BCUT2D eigenvalue weighted by atomic mass is 16.8. The van der Waals surface area contributed by atoms with Crippen LogP contribution < -0.4 is 0 Å². The molecule has 5 heteroatoms. The quantitative estimate of drug-likeness (QED) is 0.292. The molecular formula is C14H18O5. The SMILES string of the molecule is C=CC(OC(=O)C(=C)C)OC(C=C)OC(=O)C(=C)C.